The van der Waals surface area contributed by atoms with E-state index in [0.29, 0.717) is 6.61 Å². The molecular weight excluding hydrogens is 151 g/mol. The summed E-state index contributed by atoms with van der Waals surface area (Å²) in [5.74, 6) is -0.288. The standard InChI is InChI=1S/C9H10BO2/c1-2-12-9(11)10-8-6-4-3-5-7-8/h3-7H,2H2,1H3. The highest BCUT2D eigenvalue weighted by atomic mass is 16.5. The summed E-state index contributed by atoms with van der Waals surface area (Å²) in [6, 6.07) is 9.38. The third-order valence-electron chi connectivity index (χ3n) is 1.37. The molecule has 0 bridgehead atoms. The molecule has 0 amide bonds. The fraction of sp³-hybridized carbons (Fsp3) is 0.222. The Bertz CT molecular complexity index is 246. The van der Waals surface area contributed by atoms with Crippen LogP contribution in [0.3, 0.4) is 0 Å². The molecule has 0 unspecified atom stereocenters. The highest BCUT2D eigenvalue weighted by Gasteiger charge is 2.04. The van der Waals surface area contributed by atoms with Gasteiger partial charge in [-0.2, -0.15) is 0 Å². The minimum atomic E-state index is -0.288. The first-order valence-electron chi connectivity index (χ1n) is 3.89. The van der Waals surface area contributed by atoms with E-state index < -0.39 is 0 Å². The lowest BCUT2D eigenvalue weighted by Gasteiger charge is -1.99. The van der Waals surface area contributed by atoms with Gasteiger partial charge in [-0.05, 0) is 6.92 Å². The number of carbonyl (C=O) groups excluding carboxylic acids is 1. The van der Waals surface area contributed by atoms with Crippen LogP contribution in [-0.4, -0.2) is 19.8 Å². The first-order chi connectivity index (χ1) is 5.83. The summed E-state index contributed by atoms with van der Waals surface area (Å²) in [5, 5.41) is 0. The summed E-state index contributed by atoms with van der Waals surface area (Å²) in [6.45, 7) is 2.21. The van der Waals surface area contributed by atoms with Gasteiger partial charge in [-0.25, -0.2) is 0 Å². The van der Waals surface area contributed by atoms with E-state index in [1.54, 1.807) is 6.92 Å². The van der Waals surface area contributed by atoms with Gasteiger partial charge < -0.3 is 4.74 Å². The van der Waals surface area contributed by atoms with Gasteiger partial charge in [-0.3, -0.25) is 4.79 Å². The van der Waals surface area contributed by atoms with Crippen LogP contribution in [0.4, 0.5) is 4.79 Å². The number of hydrogen-bond donors (Lipinski definition) is 0. The van der Waals surface area contributed by atoms with Gasteiger partial charge in [0.2, 0.25) is 0 Å². The van der Waals surface area contributed by atoms with E-state index in [-0.39, 0.29) is 5.87 Å². The minimum absolute atomic E-state index is 0.288. The molecule has 61 valence electrons. The van der Waals surface area contributed by atoms with Crippen molar-refractivity contribution in [3.8, 4) is 0 Å². The Balaban J connectivity index is 2.47. The number of benzene rings is 1. The van der Waals surface area contributed by atoms with E-state index in [2.05, 4.69) is 0 Å². The van der Waals surface area contributed by atoms with Crippen molar-refractivity contribution in [3.63, 3.8) is 0 Å². The molecule has 0 aliphatic rings. The molecule has 1 aromatic rings. The summed E-state index contributed by atoms with van der Waals surface area (Å²) in [7, 11) is 1.48. The Kier molecular flexibility index (Phi) is 3.39. The Morgan fingerprint density at radius 3 is 2.67 bits per heavy atom. The van der Waals surface area contributed by atoms with E-state index in [9.17, 15) is 4.79 Å². The molecule has 2 nitrogen and oxygen atoms in total. The fourth-order valence-corrected chi connectivity index (χ4v) is 0.869. The molecule has 0 fully saturated rings. The smallest absolute Gasteiger partial charge is 0.299 e. The average Bonchev–Trinajstić information content (AvgIpc) is 2.06. The van der Waals surface area contributed by atoms with Crippen molar-refractivity contribution in [2.24, 2.45) is 0 Å². The van der Waals surface area contributed by atoms with Crippen LogP contribution in [0, 0.1) is 0 Å². The number of rotatable bonds is 3. The zero-order chi connectivity index (χ0) is 8.81. The first kappa shape index (κ1) is 8.85. The van der Waals surface area contributed by atoms with Crippen LogP contribution < -0.4 is 5.46 Å². The Morgan fingerprint density at radius 1 is 1.42 bits per heavy atom. The van der Waals surface area contributed by atoms with E-state index in [1.807, 2.05) is 30.3 Å². The quantitative estimate of drug-likeness (QED) is 0.622. The van der Waals surface area contributed by atoms with E-state index in [4.69, 9.17) is 4.74 Å². The Labute approximate surface area is 72.8 Å². The van der Waals surface area contributed by atoms with E-state index in [1.165, 1.54) is 7.28 Å². The molecule has 0 aliphatic heterocycles. The summed E-state index contributed by atoms with van der Waals surface area (Å²) in [5.41, 5.74) is 0.871. The van der Waals surface area contributed by atoms with Crippen LogP contribution in [0.1, 0.15) is 6.92 Å². The van der Waals surface area contributed by atoms with Gasteiger partial charge in [0.25, 0.3) is 13.1 Å². The maximum Gasteiger partial charge on any atom is 0.299 e. The molecular formula is C9H10BO2. The van der Waals surface area contributed by atoms with Gasteiger partial charge >= 0.3 is 0 Å². The van der Waals surface area contributed by atoms with Crippen molar-refractivity contribution in [3.05, 3.63) is 30.3 Å². The van der Waals surface area contributed by atoms with Gasteiger partial charge in [0.1, 0.15) is 0 Å². The van der Waals surface area contributed by atoms with Crippen LogP contribution in [-0.2, 0) is 4.74 Å². The summed E-state index contributed by atoms with van der Waals surface area (Å²) >= 11 is 0. The van der Waals surface area contributed by atoms with Crippen LogP contribution >= 0.6 is 0 Å². The van der Waals surface area contributed by atoms with Crippen molar-refractivity contribution in [1.29, 1.82) is 0 Å². The highest BCUT2D eigenvalue weighted by Crippen LogP contribution is 1.84. The topological polar surface area (TPSA) is 26.3 Å². The SMILES string of the molecule is CCOC(=O)[B]c1ccccc1. The lowest BCUT2D eigenvalue weighted by atomic mass is 9.71. The minimum Gasteiger partial charge on any atom is -0.474 e. The van der Waals surface area contributed by atoms with Crippen molar-refractivity contribution < 1.29 is 9.53 Å². The molecule has 0 heterocycles. The molecule has 0 aromatic heterocycles. The zero-order valence-corrected chi connectivity index (χ0v) is 6.99. The molecule has 1 aromatic carbocycles. The molecule has 0 atom stereocenters. The van der Waals surface area contributed by atoms with Gasteiger partial charge in [0, 0.05) is 0 Å². The van der Waals surface area contributed by atoms with Gasteiger partial charge in [0.15, 0.2) is 0 Å². The monoisotopic (exact) mass is 161 g/mol. The Hall–Kier alpha value is -1.25. The molecule has 0 aliphatic carbocycles. The summed E-state index contributed by atoms with van der Waals surface area (Å²) in [4.78, 5) is 10.9. The molecule has 0 saturated carbocycles. The largest absolute Gasteiger partial charge is 0.474 e. The zero-order valence-electron chi connectivity index (χ0n) is 6.99. The predicted molar refractivity (Wildman–Crippen MR) is 48.9 cm³/mol. The van der Waals surface area contributed by atoms with Crippen LogP contribution in [0.2, 0.25) is 0 Å². The van der Waals surface area contributed by atoms with E-state index >= 15 is 0 Å². The number of ether oxygens (including phenoxy) is 1. The van der Waals surface area contributed by atoms with Gasteiger partial charge in [0.05, 0.1) is 6.61 Å². The van der Waals surface area contributed by atoms with Gasteiger partial charge in [-0.1, -0.05) is 35.8 Å². The average molecular weight is 161 g/mol. The van der Waals surface area contributed by atoms with Crippen molar-refractivity contribution in [2.75, 3.05) is 6.61 Å². The summed E-state index contributed by atoms with van der Waals surface area (Å²) in [6.07, 6.45) is 0. The van der Waals surface area contributed by atoms with Crippen LogP contribution in [0.25, 0.3) is 0 Å². The lowest BCUT2D eigenvalue weighted by Crippen LogP contribution is -2.23. The van der Waals surface area contributed by atoms with Crippen LogP contribution in [0.15, 0.2) is 30.3 Å². The second kappa shape index (κ2) is 4.60. The molecule has 0 N–H and O–H groups in total. The van der Waals surface area contributed by atoms with Gasteiger partial charge in [-0.15, -0.1) is 0 Å². The lowest BCUT2D eigenvalue weighted by molar-refractivity contribution is 0.179. The van der Waals surface area contributed by atoms with Crippen molar-refractivity contribution in [1.82, 2.24) is 0 Å². The molecule has 1 radical (unpaired) electrons. The van der Waals surface area contributed by atoms with Crippen molar-refractivity contribution >= 4 is 18.6 Å². The third-order valence-corrected chi connectivity index (χ3v) is 1.37. The Morgan fingerprint density at radius 2 is 2.08 bits per heavy atom. The molecule has 1 rings (SSSR count). The molecule has 0 saturated heterocycles. The van der Waals surface area contributed by atoms with Crippen molar-refractivity contribution in [2.45, 2.75) is 6.92 Å². The predicted octanol–water partition coefficient (Wildman–Crippen LogP) is 1.17. The number of carbonyl (C=O) groups is 1. The normalized spacial score (nSPS) is 9.08. The second-order valence-electron chi connectivity index (χ2n) is 2.31. The number of hydrogen-bond acceptors (Lipinski definition) is 2. The molecule has 12 heavy (non-hydrogen) atoms. The summed E-state index contributed by atoms with van der Waals surface area (Å²) < 4.78 is 4.75. The second-order valence-corrected chi connectivity index (χ2v) is 2.31. The first-order valence-corrected chi connectivity index (χ1v) is 3.89. The van der Waals surface area contributed by atoms with Crippen LogP contribution in [0.5, 0.6) is 0 Å². The molecule has 3 heteroatoms. The highest BCUT2D eigenvalue weighted by molar-refractivity contribution is 6.82. The van der Waals surface area contributed by atoms with E-state index in [0.717, 1.165) is 5.46 Å². The fourth-order valence-electron chi connectivity index (χ4n) is 0.869. The third kappa shape index (κ3) is 2.78. The molecule has 0 spiro atoms. The maximum absolute atomic E-state index is 10.9. The maximum atomic E-state index is 10.9.